The Kier molecular flexibility index (Phi) is 18.6. The van der Waals surface area contributed by atoms with E-state index in [1.54, 1.807) is 0 Å². The predicted molar refractivity (Wildman–Crippen MR) is 89.6 cm³/mol. The van der Waals surface area contributed by atoms with Gasteiger partial charge in [-0.1, -0.05) is 6.07 Å². The minimum Gasteiger partial charge on any atom is -0.493 e. The van der Waals surface area contributed by atoms with Gasteiger partial charge in [-0.3, -0.25) is 9.59 Å². The van der Waals surface area contributed by atoms with Gasteiger partial charge in [-0.2, -0.15) is 0 Å². The molecule has 0 spiro atoms. The van der Waals surface area contributed by atoms with Gasteiger partial charge in [0.05, 0.1) is 13.2 Å². The summed E-state index contributed by atoms with van der Waals surface area (Å²) in [6.45, 7) is 1.11. The Morgan fingerprint density at radius 1 is 0.731 bits per heavy atom. The summed E-state index contributed by atoms with van der Waals surface area (Å²) in [6.07, 6.45) is 5.06. The number of rotatable bonds is 14. The van der Waals surface area contributed by atoms with Crippen molar-refractivity contribution in [3.8, 4) is 11.5 Å². The SMILES string of the molecule is O=C(O)CCCCCOc1cccc(OCCCCCC(=O)O)c1.[Ag].[Ag]. The fraction of sp³-hybridized carbons (Fsp3) is 0.556. The van der Waals surface area contributed by atoms with Crippen LogP contribution >= 0.6 is 0 Å². The van der Waals surface area contributed by atoms with Gasteiger partial charge in [0.25, 0.3) is 0 Å². The molecule has 0 fully saturated rings. The molecule has 0 amide bonds. The van der Waals surface area contributed by atoms with Gasteiger partial charge in [-0.05, 0) is 50.7 Å². The predicted octanol–water partition coefficient (Wildman–Crippen LogP) is 3.73. The van der Waals surface area contributed by atoms with Crippen molar-refractivity contribution in [3.05, 3.63) is 24.3 Å². The first kappa shape index (κ1) is 27.5. The van der Waals surface area contributed by atoms with E-state index < -0.39 is 11.9 Å². The van der Waals surface area contributed by atoms with E-state index in [-0.39, 0.29) is 57.6 Å². The average Bonchev–Trinajstić information content (AvgIpc) is 2.54. The fourth-order valence-electron chi connectivity index (χ4n) is 2.14. The summed E-state index contributed by atoms with van der Waals surface area (Å²) in [5.74, 6) is -0.0549. The number of unbranched alkanes of at least 4 members (excludes halogenated alkanes) is 4. The van der Waals surface area contributed by atoms with E-state index in [0.717, 1.165) is 37.2 Å². The zero-order valence-electron chi connectivity index (χ0n) is 14.5. The number of benzene rings is 1. The molecule has 0 aliphatic rings. The van der Waals surface area contributed by atoms with E-state index in [1.165, 1.54) is 0 Å². The van der Waals surface area contributed by atoms with Gasteiger partial charge in [0, 0.05) is 63.7 Å². The number of hydrogen-bond donors (Lipinski definition) is 2. The van der Waals surface area contributed by atoms with E-state index in [0.29, 0.717) is 26.1 Å². The number of ether oxygens (including phenoxy) is 2. The minimum atomic E-state index is -0.760. The molecule has 1 aromatic rings. The van der Waals surface area contributed by atoms with Crippen molar-refractivity contribution >= 4 is 11.9 Å². The van der Waals surface area contributed by atoms with Crippen LogP contribution in [0.5, 0.6) is 11.5 Å². The second kappa shape index (κ2) is 17.6. The molecule has 26 heavy (non-hydrogen) atoms. The molecule has 0 aliphatic heterocycles. The Hall–Kier alpha value is -0.759. The van der Waals surface area contributed by atoms with Crippen molar-refractivity contribution in [2.45, 2.75) is 51.4 Å². The normalized spacial score (nSPS) is 9.54. The summed E-state index contributed by atoms with van der Waals surface area (Å²) < 4.78 is 11.3. The number of hydrogen-bond acceptors (Lipinski definition) is 4. The second-order valence-electron chi connectivity index (χ2n) is 5.58. The van der Waals surface area contributed by atoms with E-state index in [4.69, 9.17) is 19.7 Å². The van der Waals surface area contributed by atoms with Crippen molar-refractivity contribution in [1.82, 2.24) is 0 Å². The molecule has 156 valence electrons. The third-order valence-corrected chi connectivity index (χ3v) is 3.41. The van der Waals surface area contributed by atoms with Gasteiger partial charge in [-0.15, -0.1) is 0 Å². The topological polar surface area (TPSA) is 93.1 Å². The molecule has 2 radical (unpaired) electrons. The largest absolute Gasteiger partial charge is 0.493 e. The molecule has 1 aromatic carbocycles. The Balaban J connectivity index is 0. The summed E-state index contributed by atoms with van der Waals surface area (Å²) >= 11 is 0. The van der Waals surface area contributed by atoms with Crippen LogP contribution in [0.2, 0.25) is 0 Å². The van der Waals surface area contributed by atoms with Crippen molar-refractivity contribution in [2.24, 2.45) is 0 Å². The molecular formula is C18H26Ag2O6. The van der Waals surface area contributed by atoms with Gasteiger partial charge < -0.3 is 19.7 Å². The van der Waals surface area contributed by atoms with Crippen LogP contribution in [0.3, 0.4) is 0 Å². The Bertz CT molecular complexity index is 469. The molecule has 0 aromatic heterocycles. The Morgan fingerprint density at radius 2 is 1.15 bits per heavy atom. The molecule has 6 nitrogen and oxygen atoms in total. The van der Waals surface area contributed by atoms with Crippen LogP contribution in [0.4, 0.5) is 0 Å². The third-order valence-electron chi connectivity index (χ3n) is 3.41. The molecular weight excluding hydrogens is 528 g/mol. The maximum Gasteiger partial charge on any atom is 0.303 e. The Morgan fingerprint density at radius 3 is 1.54 bits per heavy atom. The van der Waals surface area contributed by atoms with Gasteiger partial charge in [0.2, 0.25) is 0 Å². The molecule has 0 saturated heterocycles. The standard InChI is InChI=1S/C18H26O6.2Ag/c19-17(20)10-3-1-5-12-23-15-8-7-9-16(14-15)24-13-6-2-4-11-18(21)22;;/h7-9,14H,1-6,10-13H2,(H,19,20)(H,21,22);;. The summed E-state index contributed by atoms with van der Waals surface area (Å²) in [5.41, 5.74) is 0. The first-order chi connectivity index (χ1) is 11.6. The first-order valence-electron chi connectivity index (χ1n) is 8.37. The monoisotopic (exact) mass is 552 g/mol. The van der Waals surface area contributed by atoms with Crippen molar-refractivity contribution in [2.75, 3.05) is 13.2 Å². The molecule has 0 bridgehead atoms. The van der Waals surface area contributed by atoms with E-state index in [9.17, 15) is 9.59 Å². The number of aliphatic carboxylic acids is 2. The molecule has 8 heteroatoms. The molecule has 1 rings (SSSR count). The zero-order chi connectivity index (χ0) is 17.6. The van der Waals surface area contributed by atoms with Crippen LogP contribution in [0.25, 0.3) is 0 Å². The van der Waals surface area contributed by atoms with E-state index >= 15 is 0 Å². The van der Waals surface area contributed by atoms with Crippen LogP contribution in [0, 0.1) is 0 Å². The molecule has 0 atom stereocenters. The van der Waals surface area contributed by atoms with Crippen molar-refractivity contribution in [1.29, 1.82) is 0 Å². The van der Waals surface area contributed by atoms with Gasteiger partial charge in [-0.25, -0.2) is 0 Å². The zero-order valence-corrected chi connectivity index (χ0v) is 17.5. The van der Waals surface area contributed by atoms with Crippen LogP contribution in [0.15, 0.2) is 24.3 Å². The minimum absolute atomic E-state index is 0. The van der Waals surface area contributed by atoms with Crippen molar-refractivity contribution in [3.63, 3.8) is 0 Å². The van der Waals surface area contributed by atoms with Crippen LogP contribution in [-0.2, 0) is 54.3 Å². The molecule has 0 heterocycles. The summed E-state index contributed by atoms with van der Waals surface area (Å²) in [4.78, 5) is 20.8. The van der Waals surface area contributed by atoms with Gasteiger partial charge >= 0.3 is 11.9 Å². The number of carboxylic acids is 2. The molecule has 2 N–H and O–H groups in total. The molecule has 0 unspecified atom stereocenters. The smallest absolute Gasteiger partial charge is 0.303 e. The quantitative estimate of drug-likeness (QED) is 0.269. The summed E-state index contributed by atoms with van der Waals surface area (Å²) in [7, 11) is 0. The van der Waals surface area contributed by atoms with Crippen LogP contribution in [-0.4, -0.2) is 35.4 Å². The first-order valence-corrected chi connectivity index (χ1v) is 8.37. The number of carboxylic acid groups (broad SMARTS) is 2. The fourth-order valence-corrected chi connectivity index (χ4v) is 2.14. The second-order valence-corrected chi connectivity index (χ2v) is 5.58. The Labute approximate surface area is 185 Å². The van der Waals surface area contributed by atoms with E-state index in [2.05, 4.69) is 0 Å². The maximum absolute atomic E-state index is 10.4. The molecule has 0 aliphatic carbocycles. The van der Waals surface area contributed by atoms with E-state index in [1.807, 2.05) is 24.3 Å². The maximum atomic E-state index is 10.4. The summed E-state index contributed by atoms with van der Waals surface area (Å²) in [5, 5.41) is 17.1. The van der Waals surface area contributed by atoms with Crippen molar-refractivity contribution < 1.29 is 74.0 Å². The molecule has 0 saturated carbocycles. The summed E-state index contributed by atoms with van der Waals surface area (Å²) in [6, 6.07) is 7.40. The number of carbonyl (C=O) groups is 2. The average molecular weight is 554 g/mol. The van der Waals surface area contributed by atoms with Gasteiger partial charge in [0.1, 0.15) is 11.5 Å². The van der Waals surface area contributed by atoms with Crippen LogP contribution < -0.4 is 9.47 Å². The van der Waals surface area contributed by atoms with Gasteiger partial charge in [0.15, 0.2) is 0 Å². The van der Waals surface area contributed by atoms with Crippen LogP contribution in [0.1, 0.15) is 51.4 Å². The third kappa shape index (κ3) is 15.5.